The Labute approximate surface area is 102 Å². The van der Waals surface area contributed by atoms with Gasteiger partial charge in [-0.05, 0) is 40.0 Å². The van der Waals surface area contributed by atoms with E-state index in [1.165, 1.54) is 0 Å². The van der Waals surface area contributed by atoms with E-state index in [9.17, 15) is 0 Å². The third-order valence-corrected chi connectivity index (χ3v) is 2.80. The number of hydrogen-bond donors (Lipinski definition) is 0. The molecular weight excluding hydrogens is 275 g/mol. The minimum absolute atomic E-state index is 0.352. The van der Waals surface area contributed by atoms with Gasteiger partial charge >= 0.3 is 0 Å². The van der Waals surface area contributed by atoms with E-state index in [1.807, 2.05) is 18.2 Å². The van der Waals surface area contributed by atoms with Gasteiger partial charge in [-0.1, -0.05) is 25.4 Å². The summed E-state index contributed by atoms with van der Waals surface area (Å²) in [5, 5.41) is 1.75. The lowest BCUT2D eigenvalue weighted by Gasteiger charge is -2.09. The van der Waals surface area contributed by atoms with Gasteiger partial charge in [0.2, 0.25) is 0 Å². The number of nitrogens with zero attached hydrogens (tertiary/aromatic N) is 2. The minimum Gasteiger partial charge on any atom is -0.226 e. The Bertz CT molecular complexity index is 511. The fraction of sp³-hybridized carbons (Fsp3) is 0.273. The van der Waals surface area contributed by atoms with Gasteiger partial charge in [-0.15, -0.1) is 0 Å². The molecule has 0 N–H and O–H groups in total. The second-order valence-electron chi connectivity index (χ2n) is 3.69. The molecule has 15 heavy (non-hydrogen) atoms. The molecule has 0 saturated heterocycles. The van der Waals surface area contributed by atoms with Crippen molar-refractivity contribution in [2.75, 3.05) is 0 Å². The molecule has 1 heterocycles. The van der Waals surface area contributed by atoms with E-state index in [0.29, 0.717) is 10.7 Å². The van der Waals surface area contributed by atoms with Gasteiger partial charge < -0.3 is 0 Å². The highest BCUT2D eigenvalue weighted by atomic mass is 79.9. The predicted octanol–water partition coefficient (Wildman–Crippen LogP) is 4.17. The molecule has 0 amide bonds. The molecule has 0 aliphatic heterocycles. The Morgan fingerprint density at radius 3 is 2.67 bits per heavy atom. The summed E-state index contributed by atoms with van der Waals surface area (Å²) >= 11 is 9.28. The largest absolute Gasteiger partial charge is 0.226 e. The fourth-order valence-corrected chi connectivity index (χ4v) is 2.09. The SMILES string of the molecule is CC(C)c1nc(Br)nc2ccc(Cl)cc12. The van der Waals surface area contributed by atoms with Gasteiger partial charge in [0, 0.05) is 10.4 Å². The van der Waals surface area contributed by atoms with Crippen molar-refractivity contribution in [2.24, 2.45) is 0 Å². The van der Waals surface area contributed by atoms with Gasteiger partial charge in [0.1, 0.15) is 0 Å². The van der Waals surface area contributed by atoms with E-state index in [1.54, 1.807) is 0 Å². The molecule has 1 aromatic carbocycles. The van der Waals surface area contributed by atoms with E-state index in [4.69, 9.17) is 11.6 Å². The van der Waals surface area contributed by atoms with Gasteiger partial charge in [-0.2, -0.15) is 0 Å². The lowest BCUT2D eigenvalue weighted by Crippen LogP contribution is -1.97. The normalized spacial score (nSPS) is 11.3. The Morgan fingerprint density at radius 2 is 2.00 bits per heavy atom. The Balaban J connectivity index is 2.81. The molecule has 2 aromatic rings. The van der Waals surface area contributed by atoms with Crippen LogP contribution in [0, 0.1) is 0 Å². The monoisotopic (exact) mass is 284 g/mol. The van der Waals surface area contributed by atoms with Crippen LogP contribution in [0.1, 0.15) is 25.5 Å². The number of aromatic nitrogens is 2. The van der Waals surface area contributed by atoms with Crippen molar-refractivity contribution < 1.29 is 0 Å². The molecule has 2 nitrogen and oxygen atoms in total. The first kappa shape index (κ1) is 10.8. The average molecular weight is 286 g/mol. The molecule has 0 spiro atoms. The van der Waals surface area contributed by atoms with Crippen LogP contribution in [-0.2, 0) is 0 Å². The summed E-state index contributed by atoms with van der Waals surface area (Å²) < 4.78 is 0.626. The summed E-state index contributed by atoms with van der Waals surface area (Å²) in [6.45, 7) is 4.21. The second kappa shape index (κ2) is 4.06. The molecule has 0 bridgehead atoms. The molecule has 1 aromatic heterocycles. The van der Waals surface area contributed by atoms with Crippen LogP contribution in [0.5, 0.6) is 0 Å². The lowest BCUT2D eigenvalue weighted by atomic mass is 10.1. The fourth-order valence-electron chi connectivity index (χ4n) is 1.54. The van der Waals surface area contributed by atoms with Crippen LogP contribution >= 0.6 is 27.5 Å². The topological polar surface area (TPSA) is 25.8 Å². The second-order valence-corrected chi connectivity index (χ2v) is 4.84. The Kier molecular flexibility index (Phi) is 2.94. The highest BCUT2D eigenvalue weighted by molar-refractivity contribution is 9.10. The van der Waals surface area contributed by atoms with Gasteiger partial charge in [0.05, 0.1) is 11.2 Å². The van der Waals surface area contributed by atoms with Gasteiger partial charge in [-0.3, -0.25) is 0 Å². The Morgan fingerprint density at radius 1 is 1.27 bits per heavy atom. The number of hydrogen-bond acceptors (Lipinski definition) is 2. The van der Waals surface area contributed by atoms with Crippen molar-refractivity contribution in [2.45, 2.75) is 19.8 Å². The van der Waals surface area contributed by atoms with Crippen LogP contribution in [0.2, 0.25) is 5.02 Å². The van der Waals surface area contributed by atoms with Crippen molar-refractivity contribution in [1.82, 2.24) is 9.97 Å². The van der Waals surface area contributed by atoms with Gasteiger partial charge in [0.25, 0.3) is 0 Å². The van der Waals surface area contributed by atoms with Crippen molar-refractivity contribution >= 4 is 38.4 Å². The maximum Gasteiger partial charge on any atom is 0.197 e. The summed E-state index contributed by atoms with van der Waals surface area (Å²) in [4.78, 5) is 8.70. The summed E-state index contributed by atoms with van der Waals surface area (Å²) in [6.07, 6.45) is 0. The molecule has 0 atom stereocenters. The van der Waals surface area contributed by atoms with E-state index in [-0.39, 0.29) is 0 Å². The van der Waals surface area contributed by atoms with Crippen LogP contribution in [0.25, 0.3) is 10.9 Å². The number of halogens is 2. The Hall–Kier alpha value is -0.670. The first-order chi connectivity index (χ1) is 7.08. The third-order valence-electron chi connectivity index (χ3n) is 2.21. The molecule has 4 heteroatoms. The van der Waals surface area contributed by atoms with Crippen molar-refractivity contribution in [3.05, 3.63) is 33.6 Å². The summed E-state index contributed by atoms with van der Waals surface area (Å²) in [6, 6.07) is 5.67. The molecule has 0 saturated carbocycles. The standard InChI is InChI=1S/C11H10BrClN2/c1-6(2)10-8-5-7(13)3-4-9(8)14-11(12)15-10/h3-6H,1-2H3. The van der Waals surface area contributed by atoms with E-state index < -0.39 is 0 Å². The number of benzene rings is 1. The van der Waals surface area contributed by atoms with E-state index >= 15 is 0 Å². The molecule has 0 unspecified atom stereocenters. The van der Waals surface area contributed by atoms with Crippen LogP contribution in [-0.4, -0.2) is 9.97 Å². The van der Waals surface area contributed by atoms with Crippen LogP contribution < -0.4 is 0 Å². The van der Waals surface area contributed by atoms with Crippen molar-refractivity contribution in [1.29, 1.82) is 0 Å². The first-order valence-electron chi connectivity index (χ1n) is 4.70. The molecular formula is C11H10BrClN2. The molecule has 2 rings (SSSR count). The zero-order chi connectivity index (χ0) is 11.0. The zero-order valence-corrected chi connectivity index (χ0v) is 10.8. The van der Waals surface area contributed by atoms with Crippen LogP contribution in [0.15, 0.2) is 22.9 Å². The summed E-state index contributed by atoms with van der Waals surface area (Å²) in [5.41, 5.74) is 1.94. The van der Waals surface area contributed by atoms with Crippen molar-refractivity contribution in [3.8, 4) is 0 Å². The maximum atomic E-state index is 5.97. The quantitative estimate of drug-likeness (QED) is 0.735. The molecule has 0 radical (unpaired) electrons. The lowest BCUT2D eigenvalue weighted by molar-refractivity contribution is 0.822. The zero-order valence-electron chi connectivity index (χ0n) is 8.46. The highest BCUT2D eigenvalue weighted by Crippen LogP contribution is 2.26. The van der Waals surface area contributed by atoms with Crippen molar-refractivity contribution in [3.63, 3.8) is 0 Å². The minimum atomic E-state index is 0.352. The summed E-state index contributed by atoms with van der Waals surface area (Å²) in [7, 11) is 0. The van der Waals surface area contributed by atoms with Crippen LogP contribution in [0.4, 0.5) is 0 Å². The van der Waals surface area contributed by atoms with E-state index in [2.05, 4.69) is 39.7 Å². The van der Waals surface area contributed by atoms with Gasteiger partial charge in [-0.25, -0.2) is 9.97 Å². The molecule has 0 fully saturated rings. The predicted molar refractivity (Wildman–Crippen MR) is 66.3 cm³/mol. The third kappa shape index (κ3) is 2.13. The average Bonchev–Trinajstić information content (AvgIpc) is 2.17. The molecule has 0 aliphatic rings. The molecule has 78 valence electrons. The smallest absolute Gasteiger partial charge is 0.197 e. The molecule has 0 aliphatic carbocycles. The first-order valence-corrected chi connectivity index (χ1v) is 5.87. The summed E-state index contributed by atoms with van der Waals surface area (Å²) in [5.74, 6) is 0.352. The highest BCUT2D eigenvalue weighted by Gasteiger charge is 2.09. The van der Waals surface area contributed by atoms with Crippen LogP contribution in [0.3, 0.4) is 0 Å². The number of rotatable bonds is 1. The van der Waals surface area contributed by atoms with Gasteiger partial charge in [0.15, 0.2) is 4.73 Å². The van der Waals surface area contributed by atoms with E-state index in [0.717, 1.165) is 21.6 Å². The maximum absolute atomic E-state index is 5.97. The number of fused-ring (bicyclic) bond motifs is 1.